The highest BCUT2D eigenvalue weighted by molar-refractivity contribution is 7.80. The van der Waals surface area contributed by atoms with Crippen LogP contribution in [0.5, 0.6) is 5.75 Å². The molecular formula is C13H16FNOS. The Morgan fingerprint density at radius 1 is 1.24 bits per heavy atom. The summed E-state index contributed by atoms with van der Waals surface area (Å²) in [6, 6.07) is 6.13. The number of halogens is 1. The molecule has 0 heterocycles. The first kappa shape index (κ1) is 13.9. The quantitative estimate of drug-likeness (QED) is 0.595. The van der Waals surface area contributed by atoms with Crippen LogP contribution in [0, 0.1) is 17.1 Å². The Kier molecular flexibility index (Phi) is 6.49. The summed E-state index contributed by atoms with van der Waals surface area (Å²) in [5.41, 5.74) is 0.309. The zero-order chi connectivity index (χ0) is 12.5. The number of hydrogen-bond acceptors (Lipinski definition) is 3. The van der Waals surface area contributed by atoms with Crippen molar-refractivity contribution in [2.24, 2.45) is 0 Å². The van der Waals surface area contributed by atoms with Crippen LogP contribution in [0.1, 0.15) is 31.2 Å². The van der Waals surface area contributed by atoms with Gasteiger partial charge in [0.15, 0.2) is 11.6 Å². The number of benzene rings is 1. The van der Waals surface area contributed by atoms with Crippen molar-refractivity contribution in [3.63, 3.8) is 0 Å². The molecule has 1 rings (SSSR count). The fraction of sp³-hybridized carbons (Fsp3) is 0.462. The van der Waals surface area contributed by atoms with Crippen LogP contribution in [0.2, 0.25) is 0 Å². The van der Waals surface area contributed by atoms with Gasteiger partial charge in [-0.15, -0.1) is 0 Å². The molecule has 0 aliphatic rings. The predicted octanol–water partition coefficient (Wildman–Crippen LogP) is 3.57. The van der Waals surface area contributed by atoms with E-state index in [2.05, 4.69) is 12.6 Å². The van der Waals surface area contributed by atoms with Crippen LogP contribution in [0.3, 0.4) is 0 Å². The normalized spacial score (nSPS) is 9.94. The summed E-state index contributed by atoms with van der Waals surface area (Å²) in [7, 11) is 0. The summed E-state index contributed by atoms with van der Waals surface area (Å²) in [5.74, 6) is 0.656. The molecule has 0 unspecified atom stereocenters. The monoisotopic (exact) mass is 253 g/mol. The summed E-state index contributed by atoms with van der Waals surface area (Å²) in [4.78, 5) is 0. The van der Waals surface area contributed by atoms with Gasteiger partial charge in [0.25, 0.3) is 0 Å². The maximum atomic E-state index is 13.4. The lowest BCUT2D eigenvalue weighted by molar-refractivity contribution is 0.290. The van der Waals surface area contributed by atoms with Crippen LogP contribution in [0.25, 0.3) is 0 Å². The predicted molar refractivity (Wildman–Crippen MR) is 68.9 cm³/mol. The first-order chi connectivity index (χ1) is 8.27. The molecule has 0 aliphatic carbocycles. The number of thiol groups is 1. The van der Waals surface area contributed by atoms with Gasteiger partial charge in [-0.2, -0.15) is 17.9 Å². The molecule has 0 N–H and O–H groups in total. The van der Waals surface area contributed by atoms with Crippen LogP contribution in [-0.4, -0.2) is 12.4 Å². The lowest BCUT2D eigenvalue weighted by atomic mass is 10.2. The fourth-order valence-corrected chi connectivity index (χ4v) is 1.66. The van der Waals surface area contributed by atoms with Gasteiger partial charge in [-0.05, 0) is 36.8 Å². The molecule has 1 aromatic rings. The lowest BCUT2D eigenvalue weighted by Crippen LogP contribution is -1.99. The Morgan fingerprint density at radius 2 is 2.00 bits per heavy atom. The Labute approximate surface area is 107 Å². The topological polar surface area (TPSA) is 33.0 Å². The van der Waals surface area contributed by atoms with Crippen molar-refractivity contribution in [3.8, 4) is 11.8 Å². The van der Waals surface area contributed by atoms with Gasteiger partial charge in [0.2, 0.25) is 0 Å². The number of nitrogens with zero attached hydrogens (tertiary/aromatic N) is 1. The van der Waals surface area contributed by atoms with Gasteiger partial charge in [-0.25, -0.2) is 4.39 Å². The summed E-state index contributed by atoms with van der Waals surface area (Å²) >= 11 is 4.13. The summed E-state index contributed by atoms with van der Waals surface area (Å²) in [5, 5.41) is 8.59. The molecule has 0 saturated carbocycles. The van der Waals surface area contributed by atoms with Crippen molar-refractivity contribution in [3.05, 3.63) is 29.6 Å². The van der Waals surface area contributed by atoms with Crippen LogP contribution < -0.4 is 4.74 Å². The van der Waals surface area contributed by atoms with E-state index >= 15 is 0 Å². The van der Waals surface area contributed by atoms with Crippen LogP contribution >= 0.6 is 12.6 Å². The molecule has 0 amide bonds. The van der Waals surface area contributed by atoms with E-state index in [1.165, 1.54) is 12.1 Å². The van der Waals surface area contributed by atoms with Gasteiger partial charge < -0.3 is 4.74 Å². The van der Waals surface area contributed by atoms with Crippen molar-refractivity contribution in [2.45, 2.75) is 25.7 Å². The average molecular weight is 253 g/mol. The minimum atomic E-state index is -0.473. The highest BCUT2D eigenvalue weighted by Crippen LogP contribution is 2.18. The van der Waals surface area contributed by atoms with Gasteiger partial charge >= 0.3 is 0 Å². The van der Waals surface area contributed by atoms with E-state index in [-0.39, 0.29) is 5.75 Å². The molecule has 0 aromatic heterocycles. The number of unbranched alkanes of at least 4 members (excludes halogenated alkanes) is 3. The SMILES string of the molecule is N#Cc1ccc(OCCCCCCS)c(F)c1. The van der Waals surface area contributed by atoms with Gasteiger partial charge in [-0.3, -0.25) is 0 Å². The number of hydrogen-bond donors (Lipinski definition) is 1. The molecule has 0 bridgehead atoms. The third-order valence-corrected chi connectivity index (χ3v) is 2.69. The standard InChI is InChI=1S/C13H16FNOS/c14-12-9-11(10-15)5-6-13(12)16-7-3-1-2-4-8-17/h5-6,9,17H,1-4,7-8H2. The van der Waals surface area contributed by atoms with Gasteiger partial charge in [0.05, 0.1) is 18.2 Å². The van der Waals surface area contributed by atoms with Crippen molar-refractivity contribution in [2.75, 3.05) is 12.4 Å². The summed E-state index contributed by atoms with van der Waals surface area (Å²) in [6.45, 7) is 0.509. The molecule has 0 atom stereocenters. The van der Waals surface area contributed by atoms with E-state index in [1.807, 2.05) is 6.07 Å². The molecule has 4 heteroatoms. The molecule has 0 saturated heterocycles. The zero-order valence-corrected chi connectivity index (χ0v) is 10.5. The van der Waals surface area contributed by atoms with E-state index in [1.54, 1.807) is 6.07 Å². The van der Waals surface area contributed by atoms with E-state index in [0.717, 1.165) is 31.4 Å². The first-order valence-electron chi connectivity index (χ1n) is 5.71. The van der Waals surface area contributed by atoms with E-state index in [0.29, 0.717) is 12.2 Å². The second-order valence-electron chi connectivity index (χ2n) is 3.74. The highest BCUT2D eigenvalue weighted by atomic mass is 32.1. The van der Waals surface area contributed by atoms with Crippen molar-refractivity contribution < 1.29 is 9.13 Å². The van der Waals surface area contributed by atoms with Gasteiger partial charge in [-0.1, -0.05) is 12.8 Å². The Balaban J connectivity index is 2.30. The maximum Gasteiger partial charge on any atom is 0.166 e. The third-order valence-electron chi connectivity index (χ3n) is 2.37. The second kappa shape index (κ2) is 7.97. The van der Waals surface area contributed by atoms with Crippen LogP contribution in [-0.2, 0) is 0 Å². The Hall–Kier alpha value is -1.21. The third kappa shape index (κ3) is 5.10. The molecule has 0 aliphatic heterocycles. The molecule has 0 spiro atoms. The number of rotatable bonds is 7. The molecule has 0 fully saturated rings. The van der Waals surface area contributed by atoms with Crippen LogP contribution in [0.4, 0.5) is 4.39 Å². The fourth-order valence-electron chi connectivity index (χ4n) is 1.44. The van der Waals surface area contributed by atoms with E-state index in [4.69, 9.17) is 10.00 Å². The molecule has 17 heavy (non-hydrogen) atoms. The van der Waals surface area contributed by atoms with Gasteiger partial charge in [0.1, 0.15) is 0 Å². The lowest BCUT2D eigenvalue weighted by Gasteiger charge is -2.06. The smallest absolute Gasteiger partial charge is 0.166 e. The Bertz CT molecular complexity index is 389. The van der Waals surface area contributed by atoms with Gasteiger partial charge in [0, 0.05) is 0 Å². The molecule has 1 aromatic carbocycles. The summed E-state index contributed by atoms with van der Waals surface area (Å²) < 4.78 is 18.7. The first-order valence-corrected chi connectivity index (χ1v) is 6.34. The van der Waals surface area contributed by atoms with E-state index in [9.17, 15) is 4.39 Å². The molecule has 0 radical (unpaired) electrons. The maximum absolute atomic E-state index is 13.4. The van der Waals surface area contributed by atoms with Crippen molar-refractivity contribution in [1.82, 2.24) is 0 Å². The molecular weight excluding hydrogens is 237 g/mol. The van der Waals surface area contributed by atoms with Crippen LogP contribution in [0.15, 0.2) is 18.2 Å². The largest absolute Gasteiger partial charge is 0.491 e. The highest BCUT2D eigenvalue weighted by Gasteiger charge is 2.04. The number of nitriles is 1. The van der Waals surface area contributed by atoms with Crippen molar-refractivity contribution >= 4 is 12.6 Å². The Morgan fingerprint density at radius 3 is 2.65 bits per heavy atom. The van der Waals surface area contributed by atoms with E-state index < -0.39 is 5.82 Å². The molecule has 2 nitrogen and oxygen atoms in total. The number of ether oxygens (including phenoxy) is 1. The zero-order valence-electron chi connectivity index (χ0n) is 9.66. The average Bonchev–Trinajstić information content (AvgIpc) is 2.35. The van der Waals surface area contributed by atoms with Crippen molar-refractivity contribution in [1.29, 1.82) is 5.26 Å². The summed E-state index contributed by atoms with van der Waals surface area (Å²) in [6.07, 6.45) is 4.21. The minimum Gasteiger partial charge on any atom is -0.491 e. The second-order valence-corrected chi connectivity index (χ2v) is 4.19. The minimum absolute atomic E-state index is 0.221. The molecule has 92 valence electrons.